The number of carboxylic acid groups (broad SMARTS) is 1. The second-order valence-electron chi connectivity index (χ2n) is 7.15. The Morgan fingerprint density at radius 3 is 2.38 bits per heavy atom. The van der Waals surface area contributed by atoms with Crippen LogP contribution < -0.4 is 10.6 Å². The lowest BCUT2D eigenvalue weighted by Gasteiger charge is -2.18. The van der Waals surface area contributed by atoms with E-state index in [1.54, 1.807) is 20.8 Å². The Bertz CT molecular complexity index is 690. The second kappa shape index (κ2) is 7.33. The van der Waals surface area contributed by atoms with Gasteiger partial charge in [-0.15, -0.1) is 0 Å². The van der Waals surface area contributed by atoms with E-state index in [1.807, 2.05) is 30.3 Å². The number of alkyl carbamates (subject to hydrolysis) is 1. The molecule has 1 aliphatic rings. The zero-order chi connectivity index (χ0) is 19.5. The number of amides is 2. The molecule has 8 nitrogen and oxygen atoms in total. The lowest BCUT2D eigenvalue weighted by Crippen LogP contribution is -2.45. The van der Waals surface area contributed by atoms with Gasteiger partial charge in [-0.25, -0.2) is 9.59 Å². The van der Waals surface area contributed by atoms with E-state index < -0.39 is 40.9 Å². The van der Waals surface area contributed by atoms with Gasteiger partial charge in [0, 0.05) is 11.5 Å². The molecule has 0 aromatic heterocycles. The molecule has 0 unspecified atom stereocenters. The van der Waals surface area contributed by atoms with Crippen LogP contribution in [0.3, 0.4) is 0 Å². The summed E-state index contributed by atoms with van der Waals surface area (Å²) in [5.74, 6) is -2.44. The van der Waals surface area contributed by atoms with Crippen molar-refractivity contribution in [3.63, 3.8) is 0 Å². The van der Waals surface area contributed by atoms with Crippen molar-refractivity contribution in [2.45, 2.75) is 39.0 Å². The summed E-state index contributed by atoms with van der Waals surface area (Å²) in [7, 11) is 0. The monoisotopic (exact) mass is 364 g/mol. The molecule has 0 spiro atoms. The lowest BCUT2D eigenvalue weighted by atomic mass is 10.1. The molecule has 3 atom stereocenters. The SMILES string of the molecule is CC1(C)[C@@H]([C@H](O)C(=O)O)[C@]1(C)NC(=O)CNC(=O)OCc1ccccc1. The number of aliphatic hydroxyl groups is 1. The van der Waals surface area contributed by atoms with E-state index in [2.05, 4.69) is 10.6 Å². The van der Waals surface area contributed by atoms with Gasteiger partial charge in [0.15, 0.2) is 6.10 Å². The third-order valence-corrected chi connectivity index (χ3v) is 5.23. The molecule has 1 aromatic rings. The van der Waals surface area contributed by atoms with Gasteiger partial charge in [-0.05, 0) is 17.9 Å². The normalized spacial score (nSPS) is 24.2. The molecular formula is C18H24N2O6. The number of nitrogens with one attached hydrogen (secondary N) is 2. The summed E-state index contributed by atoms with van der Waals surface area (Å²) in [4.78, 5) is 34.8. The van der Waals surface area contributed by atoms with Gasteiger partial charge in [-0.1, -0.05) is 44.2 Å². The standard InChI is InChI=1S/C18H24N2O6/c1-17(2)14(13(22)15(23)24)18(17,3)20-12(21)9-19-16(25)26-10-11-7-5-4-6-8-11/h4-8,13-14,22H,9-10H2,1-3H3,(H,19,25)(H,20,21)(H,23,24)/t13-,14+,18-/m0/s1. The average molecular weight is 364 g/mol. The first-order chi connectivity index (χ1) is 12.1. The minimum Gasteiger partial charge on any atom is -0.479 e. The Labute approximate surface area is 151 Å². The van der Waals surface area contributed by atoms with E-state index in [9.17, 15) is 19.5 Å². The summed E-state index contributed by atoms with van der Waals surface area (Å²) < 4.78 is 5.01. The van der Waals surface area contributed by atoms with Crippen LogP contribution in [0, 0.1) is 11.3 Å². The molecule has 0 radical (unpaired) electrons. The van der Waals surface area contributed by atoms with Crippen LogP contribution >= 0.6 is 0 Å². The lowest BCUT2D eigenvalue weighted by molar-refractivity contribution is -0.148. The number of carboxylic acids is 1. The molecule has 1 saturated carbocycles. The van der Waals surface area contributed by atoms with Crippen LogP contribution in [0.2, 0.25) is 0 Å². The first-order valence-corrected chi connectivity index (χ1v) is 8.26. The van der Waals surface area contributed by atoms with Gasteiger partial charge in [0.2, 0.25) is 5.91 Å². The Hall–Kier alpha value is -2.61. The van der Waals surface area contributed by atoms with Crippen molar-refractivity contribution < 1.29 is 29.3 Å². The molecule has 1 aliphatic carbocycles. The molecule has 142 valence electrons. The number of ether oxygens (including phenoxy) is 1. The van der Waals surface area contributed by atoms with Gasteiger partial charge in [-0.3, -0.25) is 4.79 Å². The van der Waals surface area contributed by atoms with E-state index in [0.717, 1.165) is 5.56 Å². The van der Waals surface area contributed by atoms with Crippen molar-refractivity contribution in [3.05, 3.63) is 35.9 Å². The van der Waals surface area contributed by atoms with Crippen molar-refractivity contribution in [1.82, 2.24) is 10.6 Å². The number of hydrogen-bond donors (Lipinski definition) is 4. The maximum atomic E-state index is 12.1. The molecule has 0 saturated heterocycles. The first-order valence-electron chi connectivity index (χ1n) is 8.26. The smallest absolute Gasteiger partial charge is 0.407 e. The zero-order valence-corrected chi connectivity index (χ0v) is 15.0. The first kappa shape index (κ1) is 19.7. The van der Waals surface area contributed by atoms with Crippen molar-refractivity contribution in [1.29, 1.82) is 0 Å². The fourth-order valence-electron chi connectivity index (χ4n) is 3.38. The van der Waals surface area contributed by atoms with E-state index in [1.165, 1.54) is 0 Å². The van der Waals surface area contributed by atoms with Crippen LogP contribution in [-0.4, -0.2) is 46.4 Å². The predicted molar refractivity (Wildman–Crippen MR) is 92.1 cm³/mol. The van der Waals surface area contributed by atoms with Gasteiger partial charge < -0.3 is 25.6 Å². The van der Waals surface area contributed by atoms with Crippen LogP contribution in [0.15, 0.2) is 30.3 Å². The van der Waals surface area contributed by atoms with E-state index in [4.69, 9.17) is 9.84 Å². The largest absolute Gasteiger partial charge is 0.479 e. The highest BCUT2D eigenvalue weighted by atomic mass is 16.5. The van der Waals surface area contributed by atoms with Crippen molar-refractivity contribution >= 4 is 18.0 Å². The van der Waals surface area contributed by atoms with E-state index >= 15 is 0 Å². The number of hydrogen-bond acceptors (Lipinski definition) is 5. The fourth-order valence-corrected chi connectivity index (χ4v) is 3.38. The Morgan fingerprint density at radius 2 is 1.81 bits per heavy atom. The summed E-state index contributed by atoms with van der Waals surface area (Å²) in [6.45, 7) is 4.99. The highest BCUT2D eigenvalue weighted by Crippen LogP contribution is 2.62. The van der Waals surface area contributed by atoms with Crippen molar-refractivity contribution in [2.75, 3.05) is 6.54 Å². The van der Waals surface area contributed by atoms with Crippen LogP contribution in [0.5, 0.6) is 0 Å². The Morgan fingerprint density at radius 1 is 1.19 bits per heavy atom. The number of carbonyl (C=O) groups is 3. The number of carbonyl (C=O) groups excluding carboxylic acids is 2. The quantitative estimate of drug-likeness (QED) is 0.569. The second-order valence-corrected chi connectivity index (χ2v) is 7.15. The van der Waals surface area contributed by atoms with E-state index in [0.29, 0.717) is 0 Å². The van der Waals surface area contributed by atoms with Gasteiger partial charge in [0.1, 0.15) is 13.2 Å². The highest BCUT2D eigenvalue weighted by Gasteiger charge is 2.72. The summed E-state index contributed by atoms with van der Waals surface area (Å²) in [6, 6.07) is 9.12. The van der Waals surface area contributed by atoms with Crippen LogP contribution in [0.1, 0.15) is 26.3 Å². The fraction of sp³-hybridized carbons (Fsp3) is 0.500. The molecule has 2 amide bonds. The molecule has 0 bridgehead atoms. The predicted octanol–water partition coefficient (Wildman–Crippen LogP) is 0.889. The summed E-state index contributed by atoms with van der Waals surface area (Å²) in [5, 5.41) is 23.8. The summed E-state index contributed by atoms with van der Waals surface area (Å²) in [6.07, 6.45) is -2.30. The minimum atomic E-state index is -1.57. The molecule has 26 heavy (non-hydrogen) atoms. The van der Waals surface area contributed by atoms with Crippen LogP contribution in [-0.2, 0) is 20.9 Å². The topological polar surface area (TPSA) is 125 Å². The molecule has 4 N–H and O–H groups in total. The van der Waals surface area contributed by atoms with Crippen LogP contribution in [0.4, 0.5) is 4.79 Å². The van der Waals surface area contributed by atoms with Crippen molar-refractivity contribution in [2.24, 2.45) is 11.3 Å². The van der Waals surface area contributed by atoms with Gasteiger partial charge in [0.05, 0.1) is 0 Å². The molecule has 0 aliphatic heterocycles. The number of rotatable bonds is 7. The maximum absolute atomic E-state index is 12.1. The van der Waals surface area contributed by atoms with Gasteiger partial charge >= 0.3 is 12.1 Å². The van der Waals surface area contributed by atoms with Gasteiger partial charge in [0.25, 0.3) is 0 Å². The summed E-state index contributed by atoms with van der Waals surface area (Å²) in [5.41, 5.74) is -0.643. The molecule has 1 aromatic carbocycles. The molecule has 2 rings (SSSR count). The maximum Gasteiger partial charge on any atom is 0.407 e. The number of benzene rings is 1. The number of aliphatic carboxylic acids is 1. The van der Waals surface area contributed by atoms with Crippen molar-refractivity contribution in [3.8, 4) is 0 Å². The molecule has 8 heteroatoms. The van der Waals surface area contributed by atoms with E-state index in [-0.39, 0.29) is 13.2 Å². The Balaban J connectivity index is 1.80. The highest BCUT2D eigenvalue weighted by molar-refractivity contribution is 5.84. The third-order valence-electron chi connectivity index (χ3n) is 5.23. The zero-order valence-electron chi connectivity index (χ0n) is 15.0. The number of aliphatic hydroxyl groups excluding tert-OH is 1. The molecular weight excluding hydrogens is 340 g/mol. The minimum absolute atomic E-state index is 0.0892. The summed E-state index contributed by atoms with van der Waals surface area (Å²) >= 11 is 0. The van der Waals surface area contributed by atoms with Crippen LogP contribution in [0.25, 0.3) is 0 Å². The average Bonchev–Trinajstić information content (AvgIpc) is 3.02. The third kappa shape index (κ3) is 3.96. The molecule has 1 fully saturated rings. The molecule has 0 heterocycles. The Kier molecular flexibility index (Phi) is 5.56. The van der Waals surface area contributed by atoms with Gasteiger partial charge in [-0.2, -0.15) is 0 Å².